The third-order valence-corrected chi connectivity index (χ3v) is 3.63. The Hall–Kier alpha value is -3.88. The second kappa shape index (κ2) is 7.56. The van der Waals surface area contributed by atoms with Crippen molar-refractivity contribution in [2.24, 2.45) is 0 Å². The smallest absolute Gasteiger partial charge is 0.337 e. The zero-order chi connectivity index (χ0) is 19.4. The van der Waals surface area contributed by atoms with Gasteiger partial charge in [0.2, 0.25) is 0 Å². The van der Waals surface area contributed by atoms with E-state index in [2.05, 4.69) is 25.0 Å². The predicted molar refractivity (Wildman–Crippen MR) is 93.4 cm³/mol. The molecule has 0 bridgehead atoms. The lowest BCUT2D eigenvalue weighted by Crippen LogP contribution is -2.14. The van der Waals surface area contributed by atoms with Gasteiger partial charge in [0.15, 0.2) is 11.5 Å². The van der Waals surface area contributed by atoms with E-state index >= 15 is 0 Å². The monoisotopic (exact) mass is 369 g/mol. The molecule has 0 unspecified atom stereocenters. The van der Waals surface area contributed by atoms with Gasteiger partial charge in [-0.3, -0.25) is 9.89 Å². The Morgan fingerprint density at radius 1 is 1.04 bits per heavy atom. The fraction of sp³-hybridized carbons (Fsp3) is 0.111. The van der Waals surface area contributed by atoms with E-state index in [9.17, 15) is 14.4 Å². The summed E-state index contributed by atoms with van der Waals surface area (Å²) in [6.45, 7) is 0. The highest BCUT2D eigenvalue weighted by Gasteiger charge is 2.17. The highest BCUT2D eigenvalue weighted by molar-refractivity contribution is 6.05. The Kier molecular flexibility index (Phi) is 5.02. The van der Waals surface area contributed by atoms with Crippen LogP contribution in [0.1, 0.15) is 31.2 Å². The van der Waals surface area contributed by atoms with Crippen molar-refractivity contribution in [1.82, 2.24) is 10.2 Å². The van der Waals surface area contributed by atoms with E-state index in [0.29, 0.717) is 11.5 Å². The number of hydrogen-bond acceptors (Lipinski definition) is 7. The van der Waals surface area contributed by atoms with E-state index in [1.54, 1.807) is 12.1 Å². The van der Waals surface area contributed by atoms with E-state index < -0.39 is 17.8 Å². The molecule has 0 aliphatic carbocycles. The first-order chi connectivity index (χ1) is 13.0. The van der Waals surface area contributed by atoms with Crippen LogP contribution < -0.4 is 5.32 Å². The summed E-state index contributed by atoms with van der Waals surface area (Å²) >= 11 is 0. The van der Waals surface area contributed by atoms with Crippen LogP contribution in [-0.2, 0) is 9.47 Å². The quantitative estimate of drug-likeness (QED) is 0.662. The van der Waals surface area contributed by atoms with Gasteiger partial charge in [0.1, 0.15) is 5.69 Å². The summed E-state index contributed by atoms with van der Waals surface area (Å²) in [5, 5.41) is 9.22. The van der Waals surface area contributed by atoms with Gasteiger partial charge in [-0.2, -0.15) is 5.10 Å². The van der Waals surface area contributed by atoms with Gasteiger partial charge in [0.25, 0.3) is 5.91 Å². The fourth-order valence-electron chi connectivity index (χ4n) is 2.36. The highest BCUT2D eigenvalue weighted by Crippen LogP contribution is 2.20. The van der Waals surface area contributed by atoms with Gasteiger partial charge in [-0.15, -0.1) is 0 Å². The van der Waals surface area contributed by atoms with Crippen LogP contribution in [0.3, 0.4) is 0 Å². The molecule has 0 aliphatic rings. The molecule has 138 valence electrons. The number of furan rings is 1. The normalized spacial score (nSPS) is 10.3. The van der Waals surface area contributed by atoms with Gasteiger partial charge in [0, 0.05) is 11.8 Å². The van der Waals surface area contributed by atoms with Crippen molar-refractivity contribution in [3.05, 3.63) is 59.5 Å². The molecule has 1 amide bonds. The highest BCUT2D eigenvalue weighted by atomic mass is 16.5. The zero-order valence-corrected chi connectivity index (χ0v) is 14.4. The summed E-state index contributed by atoms with van der Waals surface area (Å²) in [6, 6.07) is 9.03. The summed E-state index contributed by atoms with van der Waals surface area (Å²) in [5.74, 6) is -1.32. The van der Waals surface area contributed by atoms with Gasteiger partial charge >= 0.3 is 11.9 Å². The maximum Gasteiger partial charge on any atom is 0.337 e. The Bertz CT molecular complexity index is 956. The van der Waals surface area contributed by atoms with Crippen LogP contribution in [0.5, 0.6) is 0 Å². The number of carbonyl (C=O) groups is 3. The van der Waals surface area contributed by atoms with Gasteiger partial charge in [-0.1, -0.05) is 0 Å². The molecule has 9 nitrogen and oxygen atoms in total. The summed E-state index contributed by atoms with van der Waals surface area (Å²) in [6.07, 6.45) is 1.50. The molecule has 2 N–H and O–H groups in total. The molecule has 0 atom stereocenters. The molecule has 0 saturated heterocycles. The minimum Gasteiger partial charge on any atom is -0.465 e. The lowest BCUT2D eigenvalue weighted by Gasteiger charge is -2.08. The first-order valence-electron chi connectivity index (χ1n) is 7.74. The molecular weight excluding hydrogens is 354 g/mol. The number of carbonyl (C=O) groups excluding carboxylic acids is 3. The molecular formula is C18H15N3O6. The van der Waals surface area contributed by atoms with Gasteiger partial charge in [-0.05, 0) is 30.3 Å². The van der Waals surface area contributed by atoms with Crippen LogP contribution in [0.25, 0.3) is 11.5 Å². The van der Waals surface area contributed by atoms with Gasteiger partial charge in [0.05, 0.1) is 31.6 Å². The third kappa shape index (κ3) is 3.87. The number of H-pyrrole nitrogens is 1. The van der Waals surface area contributed by atoms with E-state index in [0.717, 1.165) is 0 Å². The van der Waals surface area contributed by atoms with E-state index in [1.165, 1.54) is 44.7 Å². The number of hydrogen-bond donors (Lipinski definition) is 2. The number of aromatic nitrogens is 2. The number of ether oxygens (including phenoxy) is 2. The number of esters is 2. The maximum atomic E-state index is 12.4. The number of amides is 1. The molecule has 3 aromatic rings. The molecule has 3 rings (SSSR count). The summed E-state index contributed by atoms with van der Waals surface area (Å²) in [7, 11) is 2.43. The summed E-state index contributed by atoms with van der Waals surface area (Å²) in [4.78, 5) is 36.1. The second-order valence-electron chi connectivity index (χ2n) is 5.38. The molecule has 2 heterocycles. The van der Waals surface area contributed by atoms with Crippen LogP contribution in [0.2, 0.25) is 0 Å². The fourth-order valence-corrected chi connectivity index (χ4v) is 2.36. The number of benzene rings is 1. The van der Waals surface area contributed by atoms with Gasteiger partial charge < -0.3 is 19.2 Å². The Balaban J connectivity index is 1.86. The predicted octanol–water partition coefficient (Wildman–Crippen LogP) is 2.50. The average Bonchev–Trinajstić information content (AvgIpc) is 3.37. The largest absolute Gasteiger partial charge is 0.465 e. The molecule has 0 saturated carbocycles. The number of aromatic amines is 1. The number of rotatable bonds is 5. The third-order valence-electron chi connectivity index (χ3n) is 3.63. The van der Waals surface area contributed by atoms with Gasteiger partial charge in [-0.25, -0.2) is 9.59 Å². The average molecular weight is 369 g/mol. The van der Waals surface area contributed by atoms with E-state index in [-0.39, 0.29) is 22.5 Å². The topological polar surface area (TPSA) is 124 Å². The van der Waals surface area contributed by atoms with Crippen LogP contribution in [0, 0.1) is 0 Å². The number of anilines is 1. The first-order valence-corrected chi connectivity index (χ1v) is 7.74. The van der Waals surface area contributed by atoms with Crippen molar-refractivity contribution in [3.8, 4) is 11.5 Å². The Labute approximate surface area is 153 Å². The lowest BCUT2D eigenvalue weighted by molar-refractivity contribution is 0.0599. The van der Waals surface area contributed by atoms with Crippen molar-refractivity contribution >= 4 is 23.5 Å². The van der Waals surface area contributed by atoms with E-state index in [4.69, 9.17) is 4.42 Å². The van der Waals surface area contributed by atoms with E-state index in [1.807, 2.05) is 0 Å². The maximum absolute atomic E-state index is 12.4. The summed E-state index contributed by atoms with van der Waals surface area (Å²) in [5.41, 5.74) is 1.03. The lowest BCUT2D eigenvalue weighted by atomic mass is 10.1. The Morgan fingerprint density at radius 2 is 1.70 bits per heavy atom. The molecule has 0 fully saturated rings. The number of methoxy groups -OCH3 is 2. The molecule has 0 aliphatic heterocycles. The second-order valence-corrected chi connectivity index (χ2v) is 5.38. The first kappa shape index (κ1) is 17.9. The van der Waals surface area contributed by atoms with Crippen LogP contribution in [0.15, 0.2) is 47.1 Å². The molecule has 2 aromatic heterocycles. The van der Waals surface area contributed by atoms with Crippen molar-refractivity contribution in [2.45, 2.75) is 0 Å². The molecule has 0 spiro atoms. The SMILES string of the molecule is COC(=O)c1cc(NC(=O)c2cc(-c3ccco3)[nH]n2)cc(C(=O)OC)c1. The molecule has 0 radical (unpaired) electrons. The minimum absolute atomic E-state index is 0.0917. The van der Waals surface area contributed by atoms with Crippen LogP contribution >= 0.6 is 0 Å². The van der Waals surface area contributed by atoms with Crippen LogP contribution in [-0.4, -0.2) is 42.3 Å². The van der Waals surface area contributed by atoms with Crippen molar-refractivity contribution < 1.29 is 28.3 Å². The Morgan fingerprint density at radius 3 is 2.26 bits per heavy atom. The van der Waals surface area contributed by atoms with Crippen molar-refractivity contribution in [1.29, 1.82) is 0 Å². The van der Waals surface area contributed by atoms with Crippen molar-refractivity contribution in [3.63, 3.8) is 0 Å². The van der Waals surface area contributed by atoms with Crippen LogP contribution in [0.4, 0.5) is 5.69 Å². The summed E-state index contributed by atoms with van der Waals surface area (Å²) < 4.78 is 14.6. The molecule has 27 heavy (non-hydrogen) atoms. The number of nitrogens with one attached hydrogen (secondary N) is 2. The zero-order valence-electron chi connectivity index (χ0n) is 14.4. The van der Waals surface area contributed by atoms with Crippen molar-refractivity contribution in [2.75, 3.05) is 19.5 Å². The standard InChI is InChI=1S/C18H15N3O6/c1-25-17(23)10-6-11(18(24)26-2)8-12(7-10)19-16(22)14-9-13(20-21-14)15-4-3-5-27-15/h3-9H,1-2H3,(H,19,22)(H,20,21). The number of nitrogens with zero attached hydrogens (tertiary/aromatic N) is 1. The minimum atomic E-state index is -0.656. The molecule has 9 heteroatoms. The molecule has 1 aromatic carbocycles.